The number of esters is 3. The van der Waals surface area contributed by atoms with E-state index in [0.717, 1.165) is 148 Å². The second-order valence-corrected chi connectivity index (χ2v) is 22.0. The molecule has 0 fully saturated rings. The van der Waals surface area contributed by atoms with Crippen molar-refractivity contribution in [2.45, 2.75) is 309 Å². The molecule has 6 heteroatoms. The Labute approximate surface area is 500 Å². The number of allylic oxidation sites excluding steroid dienone is 22. The van der Waals surface area contributed by atoms with Crippen LogP contribution in [0.5, 0.6) is 0 Å². The van der Waals surface area contributed by atoms with E-state index >= 15 is 0 Å². The molecular weight excluding hydrogens is 997 g/mol. The molecule has 0 aromatic rings. The Morgan fingerprint density at radius 3 is 0.778 bits per heavy atom. The maximum absolute atomic E-state index is 12.9. The summed E-state index contributed by atoms with van der Waals surface area (Å²) in [6.07, 6.45) is 96.0. The van der Waals surface area contributed by atoms with Gasteiger partial charge in [0, 0.05) is 19.3 Å². The molecule has 0 aliphatic carbocycles. The molecule has 0 bridgehead atoms. The van der Waals surface area contributed by atoms with Crippen LogP contribution in [0.2, 0.25) is 0 Å². The fraction of sp³-hybridized carbons (Fsp3) is 0.667. The molecule has 0 rings (SSSR count). The lowest BCUT2D eigenvalue weighted by atomic mass is 10.1. The first-order chi connectivity index (χ1) is 40.0. The summed E-state index contributed by atoms with van der Waals surface area (Å²) in [5.74, 6) is -0.918. The Bertz CT molecular complexity index is 1720. The van der Waals surface area contributed by atoms with Crippen molar-refractivity contribution < 1.29 is 28.6 Å². The van der Waals surface area contributed by atoms with Crippen LogP contribution in [0.3, 0.4) is 0 Å². The molecule has 0 aliphatic rings. The highest BCUT2D eigenvalue weighted by molar-refractivity contribution is 5.71. The van der Waals surface area contributed by atoms with Crippen LogP contribution >= 0.6 is 0 Å². The fourth-order valence-corrected chi connectivity index (χ4v) is 9.07. The smallest absolute Gasteiger partial charge is 0.306 e. The lowest BCUT2D eigenvalue weighted by molar-refractivity contribution is -0.167. The number of hydrogen-bond acceptors (Lipinski definition) is 6. The Morgan fingerprint density at radius 2 is 0.481 bits per heavy atom. The van der Waals surface area contributed by atoms with Crippen LogP contribution in [0.15, 0.2) is 134 Å². The van der Waals surface area contributed by atoms with Crippen LogP contribution in [0, 0.1) is 0 Å². The Balaban J connectivity index is 4.31. The summed E-state index contributed by atoms with van der Waals surface area (Å²) in [6.45, 7) is 6.49. The van der Waals surface area contributed by atoms with Gasteiger partial charge in [-0.15, -0.1) is 0 Å². The van der Waals surface area contributed by atoms with Gasteiger partial charge in [0.25, 0.3) is 0 Å². The zero-order valence-corrected chi connectivity index (χ0v) is 52.8. The Morgan fingerprint density at radius 1 is 0.259 bits per heavy atom. The Hall–Kier alpha value is -4.45. The molecule has 0 spiro atoms. The maximum atomic E-state index is 12.9. The van der Waals surface area contributed by atoms with Crippen LogP contribution in [0.1, 0.15) is 303 Å². The predicted octanol–water partition coefficient (Wildman–Crippen LogP) is 23.3. The number of hydrogen-bond donors (Lipinski definition) is 0. The summed E-state index contributed by atoms with van der Waals surface area (Å²) >= 11 is 0. The molecule has 81 heavy (non-hydrogen) atoms. The van der Waals surface area contributed by atoms with E-state index in [1.54, 1.807) is 0 Å². The molecule has 460 valence electrons. The van der Waals surface area contributed by atoms with E-state index < -0.39 is 6.10 Å². The highest BCUT2D eigenvalue weighted by atomic mass is 16.6. The molecule has 0 saturated carbocycles. The van der Waals surface area contributed by atoms with Crippen molar-refractivity contribution >= 4 is 17.9 Å². The monoisotopic (exact) mass is 1120 g/mol. The molecule has 0 aliphatic heterocycles. The summed E-state index contributed by atoms with van der Waals surface area (Å²) in [6, 6.07) is 0. The van der Waals surface area contributed by atoms with Gasteiger partial charge in [0.15, 0.2) is 6.10 Å². The van der Waals surface area contributed by atoms with Crippen molar-refractivity contribution in [3.05, 3.63) is 134 Å². The lowest BCUT2D eigenvalue weighted by Crippen LogP contribution is -2.30. The second kappa shape index (κ2) is 68.1. The van der Waals surface area contributed by atoms with Crippen LogP contribution in [0.4, 0.5) is 0 Å². The molecule has 0 radical (unpaired) electrons. The first kappa shape index (κ1) is 76.5. The third kappa shape index (κ3) is 66.2. The van der Waals surface area contributed by atoms with Gasteiger partial charge in [-0.2, -0.15) is 0 Å². The summed E-state index contributed by atoms with van der Waals surface area (Å²) in [4.78, 5) is 38.3. The zero-order chi connectivity index (χ0) is 58.5. The minimum atomic E-state index is -0.797. The third-order valence-electron chi connectivity index (χ3n) is 14.1. The average molecular weight is 1120 g/mol. The van der Waals surface area contributed by atoms with Gasteiger partial charge < -0.3 is 14.2 Å². The first-order valence-corrected chi connectivity index (χ1v) is 33.7. The number of carbonyl (C=O) groups is 3. The minimum Gasteiger partial charge on any atom is -0.462 e. The third-order valence-corrected chi connectivity index (χ3v) is 14.1. The van der Waals surface area contributed by atoms with Gasteiger partial charge >= 0.3 is 17.9 Å². The van der Waals surface area contributed by atoms with E-state index in [1.165, 1.54) is 116 Å². The molecule has 1 atom stereocenters. The van der Waals surface area contributed by atoms with Crippen molar-refractivity contribution in [1.82, 2.24) is 0 Å². The fourth-order valence-electron chi connectivity index (χ4n) is 9.07. The molecule has 0 amide bonds. The lowest BCUT2D eigenvalue weighted by Gasteiger charge is -2.18. The number of rotatable bonds is 60. The first-order valence-electron chi connectivity index (χ1n) is 33.7. The van der Waals surface area contributed by atoms with Crippen LogP contribution in [0.25, 0.3) is 0 Å². The van der Waals surface area contributed by atoms with Gasteiger partial charge in [0.2, 0.25) is 0 Å². The molecule has 0 saturated heterocycles. The summed E-state index contributed by atoms with van der Waals surface area (Å²) in [5.41, 5.74) is 0. The number of unbranched alkanes of at least 4 members (excludes halogenated alkanes) is 27. The highest BCUT2D eigenvalue weighted by Crippen LogP contribution is 2.15. The van der Waals surface area contributed by atoms with E-state index in [1.807, 2.05) is 0 Å². The molecule has 1 unspecified atom stereocenters. The van der Waals surface area contributed by atoms with Gasteiger partial charge in [0.05, 0.1) is 0 Å². The van der Waals surface area contributed by atoms with Gasteiger partial charge in [-0.25, -0.2) is 0 Å². The molecule has 0 N–H and O–H groups in total. The average Bonchev–Trinajstić information content (AvgIpc) is 3.47. The van der Waals surface area contributed by atoms with E-state index in [2.05, 4.69) is 154 Å². The second-order valence-electron chi connectivity index (χ2n) is 22.0. The molecule has 0 aromatic heterocycles. The van der Waals surface area contributed by atoms with Gasteiger partial charge in [-0.3, -0.25) is 14.4 Å². The molecule has 0 heterocycles. The van der Waals surface area contributed by atoms with Crippen LogP contribution in [-0.2, 0) is 28.6 Å². The largest absolute Gasteiger partial charge is 0.462 e. The van der Waals surface area contributed by atoms with E-state index in [0.29, 0.717) is 19.3 Å². The van der Waals surface area contributed by atoms with Crippen LogP contribution < -0.4 is 0 Å². The van der Waals surface area contributed by atoms with Crippen molar-refractivity contribution in [2.75, 3.05) is 13.2 Å². The Kier molecular flexibility index (Phi) is 64.3. The highest BCUT2D eigenvalue weighted by Gasteiger charge is 2.19. The SMILES string of the molecule is CC/C=C\C/C=C\C/C=C\C/C=C\C/C=C\C/C=C\C/C=C\C/C=C\CCCCCCCCCCC(=O)OCC(COC(=O)CCCCCCC/C=C\CCCCCCC)OC(=O)CCCCCCC/C=C\C/C=C\CCCCCC. The summed E-state index contributed by atoms with van der Waals surface area (Å²) in [7, 11) is 0. The standard InChI is InChI=1S/C75H124O6/c1-4-7-10-13-16-19-22-25-28-30-31-32-33-34-35-36-37-38-39-40-41-42-43-44-45-46-48-50-53-56-59-62-65-68-74(77)80-71-72(70-79-73(76)67-64-61-58-55-52-49-27-24-21-18-15-12-9-6-3)81-75(78)69-66-63-60-57-54-51-47-29-26-23-20-17-14-11-8-5-2/h7,10,16,19-20,23-25,27-29,31-32,34-35,37-38,40-41,43-44,47,72H,4-6,8-9,11-15,17-18,21-22,26,30,33,36,39,42,45-46,48-71H2,1-3H3/b10-7-,19-16-,23-20-,27-24-,28-25-,32-31-,35-34-,38-37-,41-40-,44-43-,47-29-. The van der Waals surface area contributed by atoms with Gasteiger partial charge in [0.1, 0.15) is 13.2 Å². The zero-order valence-electron chi connectivity index (χ0n) is 52.8. The quantitative estimate of drug-likeness (QED) is 0.0261. The van der Waals surface area contributed by atoms with E-state index in [-0.39, 0.29) is 31.1 Å². The van der Waals surface area contributed by atoms with Crippen molar-refractivity contribution in [1.29, 1.82) is 0 Å². The number of ether oxygens (including phenoxy) is 3. The van der Waals surface area contributed by atoms with Gasteiger partial charge in [-0.1, -0.05) is 276 Å². The minimum absolute atomic E-state index is 0.0923. The molecular formula is C75H124O6. The predicted molar refractivity (Wildman–Crippen MR) is 353 cm³/mol. The van der Waals surface area contributed by atoms with Crippen molar-refractivity contribution in [3.63, 3.8) is 0 Å². The maximum Gasteiger partial charge on any atom is 0.306 e. The van der Waals surface area contributed by atoms with E-state index in [4.69, 9.17) is 14.2 Å². The summed E-state index contributed by atoms with van der Waals surface area (Å²) < 4.78 is 16.9. The number of carbonyl (C=O) groups excluding carboxylic acids is 3. The van der Waals surface area contributed by atoms with E-state index in [9.17, 15) is 14.4 Å². The topological polar surface area (TPSA) is 78.9 Å². The van der Waals surface area contributed by atoms with Crippen molar-refractivity contribution in [2.24, 2.45) is 0 Å². The van der Waals surface area contributed by atoms with Crippen molar-refractivity contribution in [3.8, 4) is 0 Å². The molecule has 6 nitrogen and oxygen atoms in total. The molecule has 0 aromatic carbocycles. The summed E-state index contributed by atoms with van der Waals surface area (Å²) in [5, 5.41) is 0. The van der Waals surface area contributed by atoms with Crippen LogP contribution in [-0.4, -0.2) is 37.2 Å². The normalized spacial score (nSPS) is 13.0. The van der Waals surface area contributed by atoms with Gasteiger partial charge in [-0.05, 0) is 141 Å².